The topological polar surface area (TPSA) is 26.3 Å². The number of hydrogen-bond donors (Lipinski definition) is 0. The van der Waals surface area contributed by atoms with Gasteiger partial charge < -0.3 is 4.74 Å². The molecule has 1 heterocycles. The van der Waals surface area contributed by atoms with E-state index in [1.807, 2.05) is 41.8 Å². The maximum atomic E-state index is 12.8. The molecule has 2 nitrogen and oxygen atoms in total. The highest BCUT2D eigenvalue weighted by Crippen LogP contribution is 2.30. The molecule has 100 valence electrons. The molecule has 0 bridgehead atoms. The number of hydrogen-bond acceptors (Lipinski definition) is 3. The van der Waals surface area contributed by atoms with Gasteiger partial charge >= 0.3 is 0 Å². The predicted molar refractivity (Wildman–Crippen MR) is 86.0 cm³/mol. The molecule has 0 amide bonds. The van der Waals surface area contributed by atoms with Gasteiger partial charge in [-0.05, 0) is 41.1 Å². The Morgan fingerprint density at radius 3 is 2.80 bits per heavy atom. The molecule has 0 aliphatic rings. The number of carbonyl (C=O) groups excluding carboxylic acids is 1. The molecule has 0 saturated carbocycles. The van der Waals surface area contributed by atoms with Crippen molar-refractivity contribution in [2.75, 3.05) is 7.11 Å². The number of rotatable bonds is 3. The fourth-order valence-electron chi connectivity index (χ4n) is 2.12. The van der Waals surface area contributed by atoms with E-state index in [-0.39, 0.29) is 5.78 Å². The first-order valence-electron chi connectivity index (χ1n) is 6.05. The summed E-state index contributed by atoms with van der Waals surface area (Å²) in [5.74, 6) is 0.679. The van der Waals surface area contributed by atoms with Gasteiger partial charge in [-0.15, -0.1) is 11.3 Å². The van der Waals surface area contributed by atoms with Crippen LogP contribution >= 0.6 is 27.3 Å². The predicted octanol–water partition coefficient (Wildman–Crippen LogP) is 4.90. The van der Waals surface area contributed by atoms with Crippen molar-refractivity contribution >= 4 is 43.1 Å². The van der Waals surface area contributed by atoms with E-state index in [0.29, 0.717) is 11.3 Å². The second-order valence-corrected chi connectivity index (χ2v) is 6.09. The maximum Gasteiger partial charge on any atom is 0.195 e. The van der Waals surface area contributed by atoms with Crippen molar-refractivity contribution in [3.63, 3.8) is 0 Å². The summed E-state index contributed by atoms with van der Waals surface area (Å²) in [6.45, 7) is 0. The summed E-state index contributed by atoms with van der Waals surface area (Å²) in [6.07, 6.45) is 0. The Hall–Kier alpha value is -1.65. The largest absolute Gasteiger partial charge is 0.497 e. The van der Waals surface area contributed by atoms with E-state index in [1.54, 1.807) is 24.5 Å². The summed E-state index contributed by atoms with van der Waals surface area (Å²) in [7, 11) is 1.59. The second-order valence-electron chi connectivity index (χ2n) is 4.32. The summed E-state index contributed by atoms with van der Waals surface area (Å²) < 4.78 is 6.99. The third kappa shape index (κ3) is 2.25. The van der Waals surface area contributed by atoms with Crippen molar-refractivity contribution in [1.82, 2.24) is 0 Å². The first-order valence-corrected chi connectivity index (χ1v) is 7.72. The van der Waals surface area contributed by atoms with Crippen molar-refractivity contribution in [1.29, 1.82) is 0 Å². The molecule has 0 saturated heterocycles. The van der Waals surface area contributed by atoms with Crippen LogP contribution in [0.15, 0.2) is 52.3 Å². The number of methoxy groups -OCH3 is 1. The minimum Gasteiger partial charge on any atom is -0.497 e. The van der Waals surface area contributed by atoms with E-state index >= 15 is 0 Å². The summed E-state index contributed by atoms with van der Waals surface area (Å²) in [5.41, 5.74) is 1.34. The molecule has 1 aromatic heterocycles. The van der Waals surface area contributed by atoms with Crippen LogP contribution in [0.1, 0.15) is 15.9 Å². The van der Waals surface area contributed by atoms with Gasteiger partial charge in [0, 0.05) is 20.3 Å². The standard InChI is InChI=1S/C16H11BrO2S/c1-19-11-5-6-14(17)13(9-11)15(18)12-4-2-3-10-7-8-20-16(10)12/h2-9H,1H3. The summed E-state index contributed by atoms with van der Waals surface area (Å²) >= 11 is 5.02. The molecule has 4 heteroatoms. The lowest BCUT2D eigenvalue weighted by Gasteiger charge is -2.07. The van der Waals surface area contributed by atoms with Gasteiger partial charge in [0.2, 0.25) is 0 Å². The zero-order valence-electron chi connectivity index (χ0n) is 10.7. The Kier molecular flexibility index (Phi) is 3.59. The quantitative estimate of drug-likeness (QED) is 0.630. The lowest BCUT2D eigenvalue weighted by molar-refractivity contribution is 0.103. The van der Waals surface area contributed by atoms with Crippen molar-refractivity contribution in [2.24, 2.45) is 0 Å². The van der Waals surface area contributed by atoms with Crippen LogP contribution in [0.3, 0.4) is 0 Å². The Balaban J connectivity index is 2.15. The van der Waals surface area contributed by atoms with Crippen LogP contribution in [0.2, 0.25) is 0 Å². The average Bonchev–Trinajstić information content (AvgIpc) is 2.95. The van der Waals surface area contributed by atoms with E-state index < -0.39 is 0 Å². The Morgan fingerprint density at radius 1 is 1.15 bits per heavy atom. The van der Waals surface area contributed by atoms with Crippen LogP contribution in [0.25, 0.3) is 10.1 Å². The molecule has 3 aromatic rings. The molecule has 0 atom stereocenters. The highest BCUT2D eigenvalue weighted by Gasteiger charge is 2.16. The van der Waals surface area contributed by atoms with Gasteiger partial charge in [0.25, 0.3) is 0 Å². The van der Waals surface area contributed by atoms with Crippen molar-refractivity contribution in [3.05, 3.63) is 63.4 Å². The minimum absolute atomic E-state index is 0.00354. The third-order valence-electron chi connectivity index (χ3n) is 3.14. The zero-order chi connectivity index (χ0) is 14.1. The highest BCUT2D eigenvalue weighted by molar-refractivity contribution is 9.10. The molecule has 0 unspecified atom stereocenters. The van der Waals surface area contributed by atoms with E-state index in [0.717, 1.165) is 20.1 Å². The summed E-state index contributed by atoms with van der Waals surface area (Å²) in [6, 6.07) is 13.2. The van der Waals surface area contributed by atoms with Gasteiger partial charge in [-0.3, -0.25) is 4.79 Å². The molecular formula is C16H11BrO2S. The average molecular weight is 347 g/mol. The van der Waals surface area contributed by atoms with E-state index in [9.17, 15) is 4.79 Å². The normalized spacial score (nSPS) is 10.7. The Morgan fingerprint density at radius 2 is 2.00 bits per heavy atom. The number of fused-ring (bicyclic) bond motifs is 1. The van der Waals surface area contributed by atoms with Gasteiger partial charge in [-0.1, -0.05) is 28.1 Å². The first-order chi connectivity index (χ1) is 9.70. The first kappa shape index (κ1) is 13.3. The Bertz CT molecular complexity index is 792. The monoisotopic (exact) mass is 346 g/mol. The van der Waals surface area contributed by atoms with E-state index in [2.05, 4.69) is 15.9 Å². The van der Waals surface area contributed by atoms with Crippen molar-refractivity contribution in [3.8, 4) is 5.75 Å². The molecule has 0 aliphatic carbocycles. The number of thiophene rings is 1. The zero-order valence-corrected chi connectivity index (χ0v) is 13.1. The van der Waals surface area contributed by atoms with Gasteiger partial charge in [0.1, 0.15) is 5.75 Å². The number of ketones is 1. The van der Waals surface area contributed by atoms with Crippen LogP contribution < -0.4 is 4.74 Å². The van der Waals surface area contributed by atoms with Gasteiger partial charge in [-0.2, -0.15) is 0 Å². The maximum absolute atomic E-state index is 12.8. The van der Waals surface area contributed by atoms with E-state index in [4.69, 9.17) is 4.74 Å². The van der Waals surface area contributed by atoms with Gasteiger partial charge in [0.05, 0.1) is 7.11 Å². The van der Waals surface area contributed by atoms with E-state index in [1.165, 1.54) is 0 Å². The van der Waals surface area contributed by atoms with Crippen molar-refractivity contribution < 1.29 is 9.53 Å². The third-order valence-corrected chi connectivity index (χ3v) is 4.80. The minimum atomic E-state index is 0.00354. The van der Waals surface area contributed by atoms with Crippen LogP contribution in [0, 0.1) is 0 Å². The molecule has 0 N–H and O–H groups in total. The Labute approximate surface area is 129 Å². The number of halogens is 1. The van der Waals surface area contributed by atoms with Gasteiger partial charge in [-0.25, -0.2) is 0 Å². The fraction of sp³-hybridized carbons (Fsp3) is 0.0625. The molecule has 0 aliphatic heterocycles. The molecule has 3 rings (SSSR count). The fourth-order valence-corrected chi connectivity index (χ4v) is 3.46. The highest BCUT2D eigenvalue weighted by atomic mass is 79.9. The van der Waals surface area contributed by atoms with Crippen molar-refractivity contribution in [2.45, 2.75) is 0 Å². The summed E-state index contributed by atoms with van der Waals surface area (Å²) in [4.78, 5) is 12.8. The number of benzene rings is 2. The molecule has 0 spiro atoms. The van der Waals surface area contributed by atoms with Crippen LogP contribution in [0.4, 0.5) is 0 Å². The molecule has 0 fully saturated rings. The lowest BCUT2D eigenvalue weighted by Crippen LogP contribution is -2.03. The van der Waals surface area contributed by atoms with Crippen LogP contribution in [-0.2, 0) is 0 Å². The number of carbonyl (C=O) groups is 1. The number of ether oxygens (including phenoxy) is 1. The molecule has 0 radical (unpaired) electrons. The van der Waals surface area contributed by atoms with Gasteiger partial charge in [0.15, 0.2) is 5.78 Å². The SMILES string of the molecule is COc1ccc(Br)c(C(=O)c2cccc3ccsc23)c1. The molecule has 20 heavy (non-hydrogen) atoms. The molecular weight excluding hydrogens is 336 g/mol. The van der Waals surface area contributed by atoms with Crippen LogP contribution in [0.5, 0.6) is 5.75 Å². The second kappa shape index (κ2) is 5.38. The lowest BCUT2D eigenvalue weighted by atomic mass is 10.0. The smallest absolute Gasteiger partial charge is 0.195 e. The summed E-state index contributed by atoms with van der Waals surface area (Å²) in [5, 5.41) is 3.10. The molecule has 2 aromatic carbocycles. The van der Waals surface area contributed by atoms with Crippen LogP contribution in [-0.4, -0.2) is 12.9 Å².